The Labute approximate surface area is 47.8 Å². The molecule has 1 rings (SSSR count). The van der Waals surface area contributed by atoms with E-state index < -0.39 is 6.17 Å². The van der Waals surface area contributed by atoms with E-state index in [1.807, 2.05) is 11.9 Å². The van der Waals surface area contributed by atoms with Gasteiger partial charge in [-0.3, -0.25) is 4.70 Å². The summed E-state index contributed by atoms with van der Waals surface area (Å²) in [6, 6.07) is 0. The van der Waals surface area contributed by atoms with Gasteiger partial charge in [0, 0.05) is 13.1 Å². The number of nitrogens with zero attached hydrogens (tertiary/aromatic N) is 1. The van der Waals surface area contributed by atoms with Gasteiger partial charge >= 0.3 is 0 Å². The van der Waals surface area contributed by atoms with E-state index in [1.165, 1.54) is 0 Å². The Morgan fingerprint density at radius 3 is 2.38 bits per heavy atom. The van der Waals surface area contributed by atoms with Crippen LogP contribution in [-0.4, -0.2) is 31.2 Å². The standard InChI is InChI=1S/C5H10FN.FH/c1-7-3-2-5(6)4-7;/h5H,2-4H2,1H3;1H/t5-;/m1./s1. The summed E-state index contributed by atoms with van der Waals surface area (Å²) >= 11 is 0. The third-order valence-electron chi connectivity index (χ3n) is 1.33. The number of alkyl halides is 1. The van der Waals surface area contributed by atoms with Gasteiger partial charge in [0.15, 0.2) is 0 Å². The third kappa shape index (κ3) is 1.74. The van der Waals surface area contributed by atoms with Crippen molar-refractivity contribution in [1.29, 1.82) is 0 Å². The lowest BCUT2D eigenvalue weighted by molar-refractivity contribution is 0.321. The maximum absolute atomic E-state index is 12.1. The Hall–Kier alpha value is -0.180. The van der Waals surface area contributed by atoms with Crippen molar-refractivity contribution in [2.24, 2.45) is 0 Å². The average molecular weight is 123 g/mol. The Kier molecular flexibility index (Phi) is 2.90. The maximum Gasteiger partial charge on any atom is 0.114 e. The molecular weight excluding hydrogens is 112 g/mol. The quantitative estimate of drug-likeness (QED) is 0.460. The van der Waals surface area contributed by atoms with E-state index in [9.17, 15) is 4.39 Å². The first-order valence-electron chi connectivity index (χ1n) is 2.61. The molecule has 0 aromatic carbocycles. The summed E-state index contributed by atoms with van der Waals surface area (Å²) in [4.78, 5) is 2.00. The lowest BCUT2D eigenvalue weighted by Crippen LogP contribution is -2.13. The summed E-state index contributed by atoms with van der Waals surface area (Å²) in [6.45, 7) is 1.57. The summed E-state index contributed by atoms with van der Waals surface area (Å²) in [5, 5.41) is 0. The third-order valence-corrected chi connectivity index (χ3v) is 1.33. The molecule has 8 heavy (non-hydrogen) atoms. The smallest absolute Gasteiger partial charge is 0.114 e. The van der Waals surface area contributed by atoms with Crippen LogP contribution in [0.25, 0.3) is 0 Å². The summed E-state index contributed by atoms with van der Waals surface area (Å²) in [5.41, 5.74) is 0. The molecule has 0 amide bonds. The first-order valence-corrected chi connectivity index (χ1v) is 2.61. The van der Waals surface area contributed by atoms with Crippen LogP contribution in [0.4, 0.5) is 9.09 Å². The van der Waals surface area contributed by atoms with Crippen molar-refractivity contribution < 1.29 is 9.09 Å². The van der Waals surface area contributed by atoms with Gasteiger partial charge in [0.25, 0.3) is 0 Å². The molecule has 0 unspecified atom stereocenters. The van der Waals surface area contributed by atoms with Crippen LogP contribution >= 0.6 is 0 Å². The van der Waals surface area contributed by atoms with Crippen LogP contribution in [0.5, 0.6) is 0 Å². The highest BCUT2D eigenvalue weighted by Gasteiger charge is 2.17. The van der Waals surface area contributed by atoms with Crippen molar-refractivity contribution in [3.8, 4) is 0 Å². The predicted octanol–water partition coefficient (Wildman–Crippen LogP) is 0.812. The molecule has 1 fully saturated rings. The molecule has 0 radical (unpaired) electrons. The van der Waals surface area contributed by atoms with Gasteiger partial charge in [0.2, 0.25) is 0 Å². The first kappa shape index (κ1) is 7.82. The Morgan fingerprint density at radius 1 is 1.62 bits per heavy atom. The molecule has 0 aromatic heterocycles. The molecule has 1 heterocycles. The fourth-order valence-electron chi connectivity index (χ4n) is 0.881. The lowest BCUT2D eigenvalue weighted by atomic mass is 10.4. The molecule has 1 aliphatic rings. The molecule has 0 aromatic rings. The van der Waals surface area contributed by atoms with E-state index in [-0.39, 0.29) is 4.70 Å². The van der Waals surface area contributed by atoms with Crippen molar-refractivity contribution in [2.45, 2.75) is 12.6 Å². The fourth-order valence-corrected chi connectivity index (χ4v) is 0.881. The minimum atomic E-state index is -0.551. The van der Waals surface area contributed by atoms with Crippen molar-refractivity contribution >= 4 is 0 Å². The van der Waals surface area contributed by atoms with Crippen molar-refractivity contribution in [1.82, 2.24) is 4.90 Å². The highest BCUT2D eigenvalue weighted by Crippen LogP contribution is 2.08. The van der Waals surface area contributed by atoms with Crippen LogP contribution in [0.2, 0.25) is 0 Å². The van der Waals surface area contributed by atoms with Crippen LogP contribution in [-0.2, 0) is 0 Å². The first-order chi connectivity index (χ1) is 3.29. The van der Waals surface area contributed by atoms with Gasteiger partial charge in [-0.15, -0.1) is 0 Å². The Balaban J connectivity index is 0.000000490. The number of hydrogen-bond donors (Lipinski definition) is 0. The molecule has 0 aliphatic carbocycles. The number of rotatable bonds is 0. The second-order valence-corrected chi connectivity index (χ2v) is 2.15. The summed E-state index contributed by atoms with van der Waals surface area (Å²) in [5.74, 6) is 0. The molecule has 0 saturated carbocycles. The zero-order valence-corrected chi connectivity index (χ0v) is 4.93. The molecule has 1 atom stereocenters. The SMILES string of the molecule is CN1CC[C@@H](F)C1.F. The average Bonchev–Trinajstić information content (AvgIpc) is 1.87. The monoisotopic (exact) mass is 123 g/mol. The molecule has 3 heteroatoms. The van der Waals surface area contributed by atoms with Crippen LogP contribution in [0, 0.1) is 0 Å². The van der Waals surface area contributed by atoms with E-state index in [4.69, 9.17) is 0 Å². The van der Waals surface area contributed by atoms with Gasteiger partial charge in [-0.2, -0.15) is 0 Å². The lowest BCUT2D eigenvalue weighted by Gasteiger charge is -2.01. The molecule has 50 valence electrons. The summed E-state index contributed by atoms with van der Waals surface area (Å²) < 4.78 is 12.1. The van der Waals surface area contributed by atoms with Crippen LogP contribution in [0.15, 0.2) is 0 Å². The van der Waals surface area contributed by atoms with E-state index in [1.54, 1.807) is 0 Å². The van der Waals surface area contributed by atoms with E-state index in [0.29, 0.717) is 6.54 Å². The highest BCUT2D eigenvalue weighted by molar-refractivity contribution is 4.70. The zero-order valence-electron chi connectivity index (χ0n) is 4.93. The van der Waals surface area contributed by atoms with E-state index >= 15 is 0 Å². The normalized spacial score (nSPS) is 30.0. The van der Waals surface area contributed by atoms with E-state index in [0.717, 1.165) is 13.0 Å². The maximum atomic E-state index is 12.1. The van der Waals surface area contributed by atoms with Crippen LogP contribution in [0.3, 0.4) is 0 Å². The molecule has 1 nitrogen and oxygen atoms in total. The van der Waals surface area contributed by atoms with Crippen LogP contribution in [0.1, 0.15) is 6.42 Å². The van der Waals surface area contributed by atoms with Crippen molar-refractivity contribution in [3.05, 3.63) is 0 Å². The predicted molar refractivity (Wildman–Crippen MR) is 29.5 cm³/mol. The molecular formula is C5H11F2N. The molecule has 0 spiro atoms. The summed E-state index contributed by atoms with van der Waals surface area (Å²) in [6.07, 6.45) is 0.182. The van der Waals surface area contributed by atoms with Crippen LogP contribution < -0.4 is 0 Å². The van der Waals surface area contributed by atoms with Gasteiger partial charge in [-0.05, 0) is 13.5 Å². The molecule has 1 saturated heterocycles. The molecule has 1 aliphatic heterocycles. The fraction of sp³-hybridized carbons (Fsp3) is 1.00. The van der Waals surface area contributed by atoms with E-state index in [2.05, 4.69) is 0 Å². The number of halogens is 2. The van der Waals surface area contributed by atoms with Gasteiger partial charge in [0.05, 0.1) is 0 Å². The van der Waals surface area contributed by atoms with Gasteiger partial charge in [0.1, 0.15) is 6.17 Å². The number of likely N-dealkylation sites (tertiary alicyclic amines) is 1. The van der Waals surface area contributed by atoms with Crippen molar-refractivity contribution in [3.63, 3.8) is 0 Å². The van der Waals surface area contributed by atoms with Gasteiger partial charge in [-0.25, -0.2) is 4.39 Å². The molecule has 0 N–H and O–H groups in total. The van der Waals surface area contributed by atoms with Gasteiger partial charge in [-0.1, -0.05) is 0 Å². The Bertz CT molecular complexity index is 59.4. The van der Waals surface area contributed by atoms with Gasteiger partial charge < -0.3 is 4.90 Å². The number of hydrogen-bond acceptors (Lipinski definition) is 1. The minimum absolute atomic E-state index is 0. The topological polar surface area (TPSA) is 3.24 Å². The minimum Gasteiger partial charge on any atom is -0.303 e. The van der Waals surface area contributed by atoms with Crippen molar-refractivity contribution in [2.75, 3.05) is 20.1 Å². The molecule has 0 bridgehead atoms. The largest absolute Gasteiger partial charge is 0.303 e. The highest BCUT2D eigenvalue weighted by atomic mass is 19.1. The summed E-state index contributed by atoms with van der Waals surface area (Å²) in [7, 11) is 1.94. The second-order valence-electron chi connectivity index (χ2n) is 2.15. The Morgan fingerprint density at radius 2 is 2.25 bits per heavy atom. The second kappa shape index (κ2) is 2.97. The zero-order chi connectivity index (χ0) is 5.28.